The lowest BCUT2D eigenvalue weighted by Crippen LogP contribution is -2.43. The fourth-order valence-corrected chi connectivity index (χ4v) is 2.77. The highest BCUT2D eigenvalue weighted by molar-refractivity contribution is 5.19. The highest BCUT2D eigenvalue weighted by atomic mass is 19.1. The fraction of sp³-hybridized carbons (Fsp3) is 0.833. The first-order chi connectivity index (χ1) is 7.16. The maximum atomic E-state index is 12.5. The second kappa shape index (κ2) is 4.22. The molecule has 3 heteroatoms. The van der Waals surface area contributed by atoms with E-state index in [2.05, 4.69) is 18.7 Å². The van der Waals surface area contributed by atoms with Gasteiger partial charge in [0.1, 0.15) is 0 Å². The largest absolute Gasteiger partial charge is 0.377 e. The van der Waals surface area contributed by atoms with E-state index in [0.29, 0.717) is 0 Å². The van der Waals surface area contributed by atoms with Gasteiger partial charge in [0.2, 0.25) is 0 Å². The van der Waals surface area contributed by atoms with Gasteiger partial charge in [-0.05, 0) is 45.2 Å². The summed E-state index contributed by atoms with van der Waals surface area (Å²) in [6.45, 7) is 6.76. The molecule has 86 valence electrons. The van der Waals surface area contributed by atoms with Crippen LogP contribution in [0.5, 0.6) is 0 Å². The smallest absolute Gasteiger partial charge is 0.0872 e. The fourth-order valence-electron chi connectivity index (χ4n) is 2.77. The second-order valence-corrected chi connectivity index (χ2v) is 5.05. The number of halogens is 1. The Bertz CT molecular complexity index is 264. The minimum absolute atomic E-state index is 0.113. The van der Waals surface area contributed by atoms with E-state index in [-0.39, 0.29) is 11.6 Å². The molecule has 0 unspecified atom stereocenters. The van der Waals surface area contributed by atoms with Gasteiger partial charge in [-0.25, -0.2) is 4.39 Å². The van der Waals surface area contributed by atoms with Crippen LogP contribution in [0.4, 0.5) is 4.39 Å². The third kappa shape index (κ3) is 2.08. The van der Waals surface area contributed by atoms with Crippen molar-refractivity contribution in [3.63, 3.8) is 0 Å². The Hall–Kier alpha value is -0.410. The Balaban J connectivity index is 2.04. The minimum atomic E-state index is 0.113. The average molecular weight is 213 g/mol. The van der Waals surface area contributed by atoms with E-state index >= 15 is 0 Å². The Kier molecular flexibility index (Phi) is 3.12. The van der Waals surface area contributed by atoms with Gasteiger partial charge in [0.05, 0.1) is 19.0 Å². The van der Waals surface area contributed by atoms with Gasteiger partial charge in [0.25, 0.3) is 0 Å². The Morgan fingerprint density at radius 3 is 3.07 bits per heavy atom. The van der Waals surface area contributed by atoms with E-state index in [1.54, 1.807) is 0 Å². The lowest BCUT2D eigenvalue weighted by molar-refractivity contribution is 0.00328. The first-order valence-electron chi connectivity index (χ1n) is 5.81. The van der Waals surface area contributed by atoms with Crippen LogP contribution < -0.4 is 0 Å². The van der Waals surface area contributed by atoms with Gasteiger partial charge in [0, 0.05) is 12.1 Å². The molecule has 2 aliphatic heterocycles. The van der Waals surface area contributed by atoms with Gasteiger partial charge in [-0.15, -0.1) is 0 Å². The van der Waals surface area contributed by atoms with Crippen LogP contribution in [0, 0.1) is 0 Å². The summed E-state index contributed by atoms with van der Waals surface area (Å²) < 4.78 is 18.3. The average Bonchev–Trinajstić information content (AvgIpc) is 2.70. The van der Waals surface area contributed by atoms with Crippen LogP contribution in [0.25, 0.3) is 0 Å². The van der Waals surface area contributed by atoms with Crippen LogP contribution in [-0.4, -0.2) is 36.2 Å². The molecule has 2 saturated heterocycles. The van der Waals surface area contributed by atoms with E-state index in [1.807, 2.05) is 0 Å². The number of ether oxygens (including phenoxy) is 1. The maximum Gasteiger partial charge on any atom is 0.0872 e. The maximum absolute atomic E-state index is 12.5. The van der Waals surface area contributed by atoms with Crippen molar-refractivity contribution in [3.8, 4) is 0 Å². The normalized spacial score (nSPS) is 34.3. The zero-order chi connectivity index (χ0) is 10.9. The van der Waals surface area contributed by atoms with Crippen molar-refractivity contribution in [2.45, 2.75) is 44.8 Å². The first-order valence-corrected chi connectivity index (χ1v) is 5.81. The molecule has 0 bridgehead atoms. The quantitative estimate of drug-likeness (QED) is 0.714. The minimum Gasteiger partial charge on any atom is -0.377 e. The highest BCUT2D eigenvalue weighted by Crippen LogP contribution is 2.41. The molecule has 0 aromatic heterocycles. The molecule has 0 spiro atoms. The molecule has 0 radical (unpaired) electrons. The molecule has 0 aromatic rings. The zero-order valence-corrected chi connectivity index (χ0v) is 9.63. The lowest BCUT2D eigenvalue weighted by atomic mass is 9.94. The van der Waals surface area contributed by atoms with Crippen LogP contribution in [0.3, 0.4) is 0 Å². The highest BCUT2D eigenvalue weighted by Gasteiger charge is 2.46. The molecule has 2 rings (SSSR count). The van der Waals surface area contributed by atoms with Crippen molar-refractivity contribution in [1.29, 1.82) is 0 Å². The molecule has 2 heterocycles. The van der Waals surface area contributed by atoms with Crippen molar-refractivity contribution in [3.05, 3.63) is 11.9 Å². The Labute approximate surface area is 91.1 Å². The van der Waals surface area contributed by atoms with E-state index in [1.165, 1.54) is 6.42 Å². The van der Waals surface area contributed by atoms with Gasteiger partial charge < -0.3 is 4.74 Å². The summed E-state index contributed by atoms with van der Waals surface area (Å²) in [6.07, 6.45) is 4.28. The zero-order valence-electron chi connectivity index (χ0n) is 9.63. The molecule has 2 fully saturated rings. The predicted octanol–water partition coefficient (Wildman–Crippen LogP) is 2.50. The predicted molar refractivity (Wildman–Crippen MR) is 58.4 cm³/mol. The Morgan fingerprint density at radius 1 is 1.60 bits per heavy atom. The lowest BCUT2D eigenvalue weighted by Gasteiger charge is -2.32. The summed E-state index contributed by atoms with van der Waals surface area (Å²) in [5.41, 5.74) is 1.05. The van der Waals surface area contributed by atoms with E-state index in [9.17, 15) is 4.39 Å². The SMILES string of the molecule is CC(C)OC[C@]12CCCN1C/C(=C\F)C2. The molecule has 2 aliphatic rings. The number of hydrogen-bond acceptors (Lipinski definition) is 2. The van der Waals surface area contributed by atoms with E-state index in [0.717, 1.165) is 44.4 Å². The molecule has 1 atom stereocenters. The van der Waals surface area contributed by atoms with Gasteiger partial charge >= 0.3 is 0 Å². The third-order valence-corrected chi connectivity index (χ3v) is 3.53. The summed E-state index contributed by atoms with van der Waals surface area (Å²) in [5.74, 6) is 0. The van der Waals surface area contributed by atoms with Crippen molar-refractivity contribution in [1.82, 2.24) is 4.90 Å². The molecule has 0 saturated carbocycles. The summed E-state index contributed by atoms with van der Waals surface area (Å²) in [5, 5.41) is 0. The van der Waals surface area contributed by atoms with E-state index < -0.39 is 0 Å². The number of hydrogen-bond donors (Lipinski definition) is 0. The van der Waals surface area contributed by atoms with Crippen molar-refractivity contribution >= 4 is 0 Å². The second-order valence-electron chi connectivity index (χ2n) is 5.05. The molecule has 0 N–H and O–H groups in total. The van der Waals surface area contributed by atoms with Gasteiger partial charge in [-0.2, -0.15) is 0 Å². The van der Waals surface area contributed by atoms with Crippen LogP contribution in [0.15, 0.2) is 11.9 Å². The third-order valence-electron chi connectivity index (χ3n) is 3.53. The van der Waals surface area contributed by atoms with Crippen LogP contribution in [0.2, 0.25) is 0 Å². The number of fused-ring (bicyclic) bond motifs is 1. The molecule has 15 heavy (non-hydrogen) atoms. The molecular weight excluding hydrogens is 193 g/mol. The number of rotatable bonds is 3. The molecule has 0 amide bonds. The summed E-state index contributed by atoms with van der Waals surface area (Å²) >= 11 is 0. The summed E-state index contributed by atoms with van der Waals surface area (Å²) in [6, 6.07) is 0. The Morgan fingerprint density at radius 2 is 2.40 bits per heavy atom. The molecule has 2 nitrogen and oxygen atoms in total. The first kappa shape index (κ1) is 11.1. The van der Waals surface area contributed by atoms with Crippen LogP contribution >= 0.6 is 0 Å². The van der Waals surface area contributed by atoms with Crippen molar-refractivity contribution in [2.24, 2.45) is 0 Å². The molecular formula is C12H20FNO. The van der Waals surface area contributed by atoms with E-state index in [4.69, 9.17) is 4.74 Å². The van der Waals surface area contributed by atoms with Crippen LogP contribution in [0.1, 0.15) is 33.1 Å². The monoisotopic (exact) mass is 213 g/mol. The summed E-state index contributed by atoms with van der Waals surface area (Å²) in [4.78, 5) is 2.39. The molecule has 0 aromatic carbocycles. The standard InChI is InChI=1S/C12H20FNO/c1-10(2)15-9-12-4-3-5-14(12)8-11(6-12)7-13/h7,10H,3-6,8-9H2,1-2H3/b11-7-/t12-/m1/s1. The molecule has 0 aliphatic carbocycles. The topological polar surface area (TPSA) is 12.5 Å². The van der Waals surface area contributed by atoms with Crippen molar-refractivity contribution < 1.29 is 9.13 Å². The van der Waals surface area contributed by atoms with Gasteiger partial charge in [-0.3, -0.25) is 4.90 Å². The van der Waals surface area contributed by atoms with Gasteiger partial charge in [0.15, 0.2) is 0 Å². The van der Waals surface area contributed by atoms with Crippen molar-refractivity contribution in [2.75, 3.05) is 19.7 Å². The van der Waals surface area contributed by atoms with Gasteiger partial charge in [-0.1, -0.05) is 0 Å². The summed E-state index contributed by atoms with van der Waals surface area (Å²) in [7, 11) is 0. The van der Waals surface area contributed by atoms with Crippen LogP contribution in [-0.2, 0) is 4.74 Å². The number of nitrogens with zero attached hydrogens (tertiary/aromatic N) is 1.